The van der Waals surface area contributed by atoms with E-state index >= 15 is 0 Å². The zero-order valence-corrected chi connectivity index (χ0v) is 19.5. The molecule has 0 bridgehead atoms. The molecule has 1 fully saturated rings. The molecule has 172 valence electrons. The van der Waals surface area contributed by atoms with E-state index in [1.54, 1.807) is 24.0 Å². The normalized spacial score (nSPS) is 17.3. The number of amides is 3. The topological polar surface area (TPSA) is 87.7 Å². The lowest BCUT2D eigenvalue weighted by atomic mass is 10.0. The Morgan fingerprint density at radius 3 is 2.61 bits per heavy atom. The Morgan fingerprint density at radius 2 is 1.91 bits per heavy atom. The largest absolute Gasteiger partial charge is 0.450 e. The smallest absolute Gasteiger partial charge is 0.409 e. The number of nitrogens with zero attached hydrogens (tertiary/aromatic N) is 1. The van der Waals surface area contributed by atoms with Crippen molar-refractivity contribution in [2.45, 2.75) is 37.6 Å². The van der Waals surface area contributed by atoms with Crippen molar-refractivity contribution in [3.63, 3.8) is 0 Å². The van der Waals surface area contributed by atoms with Crippen molar-refractivity contribution in [2.24, 2.45) is 0 Å². The van der Waals surface area contributed by atoms with Gasteiger partial charge in [0.2, 0.25) is 0 Å². The summed E-state index contributed by atoms with van der Waals surface area (Å²) in [5.41, 5.74) is 3.26. The van der Waals surface area contributed by atoms with Crippen molar-refractivity contribution in [3.8, 4) is 0 Å². The molecule has 0 aromatic heterocycles. The van der Waals surface area contributed by atoms with E-state index in [0.717, 1.165) is 10.5 Å². The number of piperidine rings is 1. The first-order valence-corrected chi connectivity index (χ1v) is 11.9. The van der Waals surface area contributed by atoms with Crippen LogP contribution >= 0.6 is 11.8 Å². The number of anilines is 1. The Hall–Kier alpha value is -3.26. The molecule has 0 atom stereocenters. The molecule has 8 heteroatoms. The number of rotatable bonds is 4. The highest BCUT2D eigenvalue weighted by molar-refractivity contribution is 8.04. The van der Waals surface area contributed by atoms with Crippen LogP contribution in [0, 0.1) is 6.92 Å². The number of nitrogens with one attached hydrogen (secondary N) is 2. The van der Waals surface area contributed by atoms with Crippen LogP contribution in [0.4, 0.5) is 10.5 Å². The van der Waals surface area contributed by atoms with Gasteiger partial charge in [-0.1, -0.05) is 41.6 Å². The lowest BCUT2D eigenvalue weighted by Crippen LogP contribution is -2.46. The number of carbonyl (C=O) groups excluding carboxylic acids is 3. The van der Waals surface area contributed by atoms with Gasteiger partial charge in [0.1, 0.15) is 0 Å². The Morgan fingerprint density at radius 1 is 1.18 bits per heavy atom. The molecule has 3 amide bonds. The van der Waals surface area contributed by atoms with Gasteiger partial charge in [0.25, 0.3) is 11.8 Å². The third kappa shape index (κ3) is 5.57. The van der Waals surface area contributed by atoms with E-state index in [4.69, 9.17) is 4.74 Å². The minimum absolute atomic E-state index is 0.00720. The van der Waals surface area contributed by atoms with Gasteiger partial charge in [0.05, 0.1) is 17.2 Å². The molecule has 2 N–H and O–H groups in total. The maximum Gasteiger partial charge on any atom is 0.409 e. The molecule has 2 aliphatic heterocycles. The third-order valence-electron chi connectivity index (χ3n) is 5.66. The van der Waals surface area contributed by atoms with Crippen LogP contribution in [0.15, 0.2) is 52.3 Å². The van der Waals surface area contributed by atoms with Crippen LogP contribution in [0.25, 0.3) is 6.08 Å². The number of hydrogen-bond donors (Lipinski definition) is 2. The van der Waals surface area contributed by atoms with Gasteiger partial charge in [-0.15, -0.1) is 0 Å². The number of carbonyl (C=O) groups is 3. The molecule has 2 heterocycles. The molecule has 4 rings (SSSR count). The molecule has 0 saturated carbocycles. The van der Waals surface area contributed by atoms with Gasteiger partial charge in [0, 0.05) is 29.6 Å². The summed E-state index contributed by atoms with van der Waals surface area (Å²) < 4.78 is 5.03. The number of fused-ring (bicyclic) bond motifs is 1. The Balaban J connectivity index is 1.38. The van der Waals surface area contributed by atoms with E-state index in [-0.39, 0.29) is 23.9 Å². The highest BCUT2D eigenvalue weighted by Crippen LogP contribution is 2.39. The quantitative estimate of drug-likeness (QED) is 0.652. The Kier molecular flexibility index (Phi) is 7.03. The fraction of sp³-hybridized carbons (Fsp3) is 0.320. The summed E-state index contributed by atoms with van der Waals surface area (Å²) in [7, 11) is 0. The first-order chi connectivity index (χ1) is 15.9. The van der Waals surface area contributed by atoms with Crippen molar-refractivity contribution < 1.29 is 19.1 Å². The van der Waals surface area contributed by atoms with E-state index in [0.29, 0.717) is 48.7 Å². The van der Waals surface area contributed by atoms with Crippen molar-refractivity contribution in [1.82, 2.24) is 10.2 Å². The van der Waals surface area contributed by atoms with Crippen LogP contribution in [0.3, 0.4) is 0 Å². The molecular weight excluding hydrogens is 438 g/mol. The van der Waals surface area contributed by atoms with Gasteiger partial charge in [-0.05, 0) is 56.5 Å². The first kappa shape index (κ1) is 22.9. The lowest BCUT2D eigenvalue weighted by molar-refractivity contribution is -0.112. The van der Waals surface area contributed by atoms with Crippen LogP contribution < -0.4 is 10.6 Å². The Bertz CT molecular complexity index is 1090. The summed E-state index contributed by atoms with van der Waals surface area (Å²) in [6, 6.07) is 13.3. The highest BCUT2D eigenvalue weighted by atomic mass is 32.2. The highest BCUT2D eigenvalue weighted by Gasteiger charge is 2.26. The lowest BCUT2D eigenvalue weighted by Gasteiger charge is -2.31. The van der Waals surface area contributed by atoms with Crippen LogP contribution in [0.1, 0.15) is 41.3 Å². The maximum atomic E-state index is 12.8. The summed E-state index contributed by atoms with van der Waals surface area (Å²) in [6.45, 7) is 5.26. The summed E-state index contributed by atoms with van der Waals surface area (Å²) >= 11 is 1.40. The standard InChI is InChI=1S/C25H27N3O4S/c1-3-32-25(31)28-12-10-19(11-13-28)26-23(29)18-8-9-21-20(15-18)27-24(30)22(33-21)14-17-6-4-16(2)5-7-17/h4-9,14-15,19H,3,10-13H2,1-2H3,(H,26,29)(H,27,30)/b22-14+. The SMILES string of the molecule is CCOC(=O)N1CCC(NC(=O)c2ccc3c(c2)NC(=O)/C(=C\c2ccc(C)cc2)S3)CC1. The molecule has 0 aliphatic carbocycles. The number of benzene rings is 2. The summed E-state index contributed by atoms with van der Waals surface area (Å²) in [4.78, 5) is 40.4. The van der Waals surface area contributed by atoms with Gasteiger partial charge in [-0.3, -0.25) is 9.59 Å². The number of hydrogen-bond acceptors (Lipinski definition) is 5. The second-order valence-corrected chi connectivity index (χ2v) is 9.20. The number of likely N-dealkylation sites (tertiary alicyclic amines) is 1. The average molecular weight is 466 g/mol. The second kappa shape index (κ2) is 10.1. The maximum absolute atomic E-state index is 12.8. The van der Waals surface area contributed by atoms with Gasteiger partial charge in [0.15, 0.2) is 0 Å². The average Bonchev–Trinajstić information content (AvgIpc) is 2.81. The van der Waals surface area contributed by atoms with Gasteiger partial charge in [-0.25, -0.2) is 4.79 Å². The van der Waals surface area contributed by atoms with E-state index < -0.39 is 0 Å². The predicted molar refractivity (Wildman–Crippen MR) is 129 cm³/mol. The zero-order chi connectivity index (χ0) is 23.4. The molecule has 0 radical (unpaired) electrons. The molecule has 1 saturated heterocycles. The fourth-order valence-corrected chi connectivity index (χ4v) is 4.74. The minimum atomic E-state index is -0.305. The Labute approximate surface area is 197 Å². The van der Waals surface area contributed by atoms with E-state index in [2.05, 4.69) is 10.6 Å². The van der Waals surface area contributed by atoms with Crippen LogP contribution in [0.5, 0.6) is 0 Å². The molecular formula is C25H27N3O4S. The first-order valence-electron chi connectivity index (χ1n) is 11.1. The monoisotopic (exact) mass is 465 g/mol. The summed E-state index contributed by atoms with van der Waals surface area (Å²) in [5.74, 6) is -0.371. The van der Waals surface area contributed by atoms with Crippen LogP contribution in [-0.2, 0) is 9.53 Å². The molecule has 2 aromatic rings. The fourth-order valence-electron chi connectivity index (χ4n) is 3.81. The molecule has 2 aliphatic rings. The second-order valence-electron chi connectivity index (χ2n) is 8.12. The van der Waals surface area contributed by atoms with Crippen molar-refractivity contribution in [1.29, 1.82) is 0 Å². The molecule has 33 heavy (non-hydrogen) atoms. The van der Waals surface area contributed by atoms with Crippen molar-refractivity contribution >= 4 is 41.4 Å². The van der Waals surface area contributed by atoms with E-state index in [1.807, 2.05) is 43.3 Å². The van der Waals surface area contributed by atoms with Gasteiger partial charge >= 0.3 is 6.09 Å². The van der Waals surface area contributed by atoms with Crippen molar-refractivity contribution in [3.05, 3.63) is 64.1 Å². The summed E-state index contributed by atoms with van der Waals surface area (Å²) in [6.07, 6.45) is 2.91. The van der Waals surface area contributed by atoms with Crippen LogP contribution in [0.2, 0.25) is 0 Å². The van der Waals surface area contributed by atoms with Crippen molar-refractivity contribution in [2.75, 3.05) is 25.0 Å². The molecule has 0 unspecified atom stereocenters. The molecule has 7 nitrogen and oxygen atoms in total. The molecule has 2 aromatic carbocycles. The van der Waals surface area contributed by atoms with E-state index in [1.165, 1.54) is 17.3 Å². The predicted octanol–water partition coefficient (Wildman–Crippen LogP) is 4.43. The summed E-state index contributed by atoms with van der Waals surface area (Å²) in [5, 5.41) is 5.95. The van der Waals surface area contributed by atoms with E-state index in [9.17, 15) is 14.4 Å². The number of aryl methyl sites for hydroxylation is 1. The minimum Gasteiger partial charge on any atom is -0.450 e. The number of ether oxygens (including phenoxy) is 1. The molecule has 0 spiro atoms. The number of thioether (sulfide) groups is 1. The van der Waals surface area contributed by atoms with Gasteiger partial charge in [-0.2, -0.15) is 0 Å². The third-order valence-corrected chi connectivity index (χ3v) is 6.76. The van der Waals surface area contributed by atoms with Gasteiger partial charge < -0.3 is 20.3 Å². The zero-order valence-electron chi connectivity index (χ0n) is 18.7. The van der Waals surface area contributed by atoms with Crippen LogP contribution in [-0.4, -0.2) is 48.5 Å².